The van der Waals surface area contributed by atoms with Gasteiger partial charge in [-0.25, -0.2) is 8.42 Å². The first kappa shape index (κ1) is 14.8. The molecule has 2 unspecified atom stereocenters. The van der Waals surface area contributed by atoms with Crippen molar-refractivity contribution in [2.24, 2.45) is 0 Å². The maximum Gasteiger partial charge on any atom is 0.216 e. The Morgan fingerprint density at radius 1 is 1.53 bits per heavy atom. The first-order valence-corrected chi connectivity index (χ1v) is 7.42. The van der Waals surface area contributed by atoms with Crippen LogP contribution in [0.3, 0.4) is 0 Å². The molecule has 0 bridgehead atoms. The molecule has 1 aliphatic rings. The van der Waals surface area contributed by atoms with Gasteiger partial charge in [0.05, 0.1) is 31.7 Å². The lowest BCUT2D eigenvalue weighted by atomic mass is 10.2. The van der Waals surface area contributed by atoms with Crippen molar-refractivity contribution in [1.82, 2.24) is 4.31 Å². The van der Waals surface area contributed by atoms with Gasteiger partial charge in [-0.1, -0.05) is 0 Å². The summed E-state index contributed by atoms with van der Waals surface area (Å²) in [7, 11) is -3.33. The number of hydrogen-bond donors (Lipinski definition) is 1. The molecule has 6 nitrogen and oxygen atoms in total. The van der Waals surface area contributed by atoms with Crippen LogP contribution in [0, 0.1) is 0 Å². The first-order chi connectivity index (χ1) is 8.01. The second-order valence-electron chi connectivity index (χ2n) is 4.07. The highest BCUT2D eigenvalue weighted by Gasteiger charge is 2.33. The normalized spacial score (nSPS) is 27.2. The molecule has 1 heterocycles. The third-order valence-corrected chi connectivity index (χ3v) is 4.61. The summed E-state index contributed by atoms with van der Waals surface area (Å²) >= 11 is 0. The van der Waals surface area contributed by atoms with Gasteiger partial charge >= 0.3 is 0 Å². The van der Waals surface area contributed by atoms with Gasteiger partial charge in [0.2, 0.25) is 10.0 Å². The van der Waals surface area contributed by atoms with Crippen LogP contribution in [0.4, 0.5) is 0 Å². The van der Waals surface area contributed by atoms with Crippen LogP contribution in [0.15, 0.2) is 0 Å². The van der Waals surface area contributed by atoms with Gasteiger partial charge in [-0.2, -0.15) is 4.31 Å². The minimum absolute atomic E-state index is 0.0245. The Morgan fingerprint density at radius 2 is 2.24 bits per heavy atom. The van der Waals surface area contributed by atoms with Crippen molar-refractivity contribution in [2.45, 2.75) is 26.0 Å². The predicted molar refractivity (Wildman–Crippen MR) is 63.3 cm³/mol. The van der Waals surface area contributed by atoms with Crippen molar-refractivity contribution in [3.05, 3.63) is 0 Å². The summed E-state index contributed by atoms with van der Waals surface area (Å²) < 4.78 is 35.8. The van der Waals surface area contributed by atoms with E-state index in [0.717, 1.165) is 0 Å². The fourth-order valence-electron chi connectivity index (χ4n) is 1.72. The maximum atomic E-state index is 12.0. The molecule has 0 aromatic rings. The molecule has 0 aliphatic carbocycles. The van der Waals surface area contributed by atoms with E-state index in [-0.39, 0.29) is 31.6 Å². The average Bonchev–Trinajstić information content (AvgIpc) is 2.29. The lowest BCUT2D eigenvalue weighted by Crippen LogP contribution is -2.52. The molecule has 0 aromatic carbocycles. The molecule has 1 rings (SSSR count). The van der Waals surface area contributed by atoms with E-state index in [1.807, 2.05) is 6.92 Å². The molecule has 0 amide bonds. The minimum atomic E-state index is -3.33. The molecule has 0 aromatic heterocycles. The molecule has 102 valence electrons. The number of ether oxygens (including phenoxy) is 2. The standard InChI is InChI=1S/C10H21NO5S/c1-3-15-4-5-17(13,14)11-6-10(7-12)16-8-9(11)2/h9-10,12H,3-8H2,1-2H3. The summed E-state index contributed by atoms with van der Waals surface area (Å²) in [6.45, 7) is 4.70. The van der Waals surface area contributed by atoms with E-state index in [0.29, 0.717) is 13.2 Å². The summed E-state index contributed by atoms with van der Waals surface area (Å²) in [5.74, 6) is -0.0245. The van der Waals surface area contributed by atoms with E-state index in [2.05, 4.69) is 0 Å². The third-order valence-electron chi connectivity index (χ3n) is 2.70. The van der Waals surface area contributed by atoms with Crippen LogP contribution in [0.5, 0.6) is 0 Å². The van der Waals surface area contributed by atoms with Crippen LogP contribution >= 0.6 is 0 Å². The second kappa shape index (κ2) is 6.65. The molecular formula is C10H21NO5S. The van der Waals surface area contributed by atoms with Crippen LogP contribution in [-0.2, 0) is 19.5 Å². The number of rotatable bonds is 6. The van der Waals surface area contributed by atoms with Gasteiger partial charge in [-0.05, 0) is 13.8 Å². The Morgan fingerprint density at radius 3 is 2.82 bits per heavy atom. The molecule has 1 fully saturated rings. The van der Waals surface area contributed by atoms with Crippen LogP contribution in [-0.4, -0.2) is 68.7 Å². The molecule has 1 aliphatic heterocycles. The Bertz CT molecular complexity index is 319. The predicted octanol–water partition coefficient (Wildman–Crippen LogP) is -0.566. The van der Waals surface area contributed by atoms with Crippen LogP contribution in [0.2, 0.25) is 0 Å². The highest BCUT2D eigenvalue weighted by Crippen LogP contribution is 2.16. The van der Waals surface area contributed by atoms with E-state index >= 15 is 0 Å². The van der Waals surface area contributed by atoms with Crippen molar-refractivity contribution >= 4 is 10.0 Å². The Hall–Kier alpha value is -0.210. The van der Waals surface area contributed by atoms with E-state index in [1.165, 1.54) is 4.31 Å². The van der Waals surface area contributed by atoms with Gasteiger partial charge in [0.15, 0.2) is 0 Å². The first-order valence-electron chi connectivity index (χ1n) is 5.81. The number of aliphatic hydroxyl groups excluding tert-OH is 1. The molecule has 2 atom stereocenters. The Kier molecular flexibility index (Phi) is 5.81. The van der Waals surface area contributed by atoms with Crippen molar-refractivity contribution in [3.8, 4) is 0 Å². The van der Waals surface area contributed by atoms with Gasteiger partial charge in [0.1, 0.15) is 0 Å². The van der Waals surface area contributed by atoms with Gasteiger partial charge < -0.3 is 14.6 Å². The molecular weight excluding hydrogens is 246 g/mol. The third kappa shape index (κ3) is 4.18. The monoisotopic (exact) mass is 267 g/mol. The Balaban J connectivity index is 2.61. The number of nitrogens with zero attached hydrogens (tertiary/aromatic N) is 1. The van der Waals surface area contributed by atoms with Crippen LogP contribution in [0.1, 0.15) is 13.8 Å². The topological polar surface area (TPSA) is 76.1 Å². The molecule has 1 saturated heterocycles. The second-order valence-corrected chi connectivity index (χ2v) is 6.11. The number of aliphatic hydroxyl groups is 1. The van der Waals surface area contributed by atoms with E-state index in [9.17, 15) is 8.42 Å². The number of hydrogen-bond acceptors (Lipinski definition) is 5. The smallest absolute Gasteiger partial charge is 0.216 e. The van der Waals surface area contributed by atoms with Crippen molar-refractivity contribution in [2.75, 3.05) is 38.7 Å². The summed E-state index contributed by atoms with van der Waals surface area (Å²) in [6, 6.07) is -0.190. The minimum Gasteiger partial charge on any atom is -0.394 e. The highest BCUT2D eigenvalue weighted by atomic mass is 32.2. The molecule has 17 heavy (non-hydrogen) atoms. The molecule has 0 spiro atoms. The fourth-order valence-corrected chi connectivity index (χ4v) is 3.28. The van der Waals surface area contributed by atoms with Gasteiger partial charge in [-0.15, -0.1) is 0 Å². The maximum absolute atomic E-state index is 12.0. The largest absolute Gasteiger partial charge is 0.394 e. The van der Waals surface area contributed by atoms with E-state index < -0.39 is 16.1 Å². The molecule has 0 radical (unpaired) electrons. The highest BCUT2D eigenvalue weighted by molar-refractivity contribution is 7.89. The van der Waals surface area contributed by atoms with Crippen LogP contribution < -0.4 is 0 Å². The number of morpholine rings is 1. The zero-order valence-electron chi connectivity index (χ0n) is 10.3. The summed E-state index contributed by atoms with van der Waals surface area (Å²) in [4.78, 5) is 0. The zero-order valence-corrected chi connectivity index (χ0v) is 11.1. The van der Waals surface area contributed by atoms with Crippen molar-refractivity contribution in [3.63, 3.8) is 0 Å². The van der Waals surface area contributed by atoms with Crippen molar-refractivity contribution < 1.29 is 23.0 Å². The molecule has 0 saturated carbocycles. The molecule has 7 heteroatoms. The summed E-state index contributed by atoms with van der Waals surface area (Å²) in [6.07, 6.45) is -0.423. The van der Waals surface area contributed by atoms with E-state index in [1.54, 1.807) is 6.92 Å². The van der Waals surface area contributed by atoms with Crippen LogP contribution in [0.25, 0.3) is 0 Å². The van der Waals surface area contributed by atoms with Crippen molar-refractivity contribution in [1.29, 1.82) is 0 Å². The fraction of sp³-hybridized carbons (Fsp3) is 1.00. The van der Waals surface area contributed by atoms with Gasteiger partial charge in [-0.3, -0.25) is 0 Å². The number of sulfonamides is 1. The molecule has 1 N–H and O–H groups in total. The quantitative estimate of drug-likeness (QED) is 0.653. The summed E-state index contributed by atoms with van der Waals surface area (Å²) in [5.41, 5.74) is 0. The SMILES string of the molecule is CCOCCS(=O)(=O)N1CC(CO)OCC1C. The van der Waals surface area contributed by atoms with E-state index in [4.69, 9.17) is 14.6 Å². The lowest BCUT2D eigenvalue weighted by molar-refractivity contribution is -0.0517. The van der Waals surface area contributed by atoms with Gasteiger partial charge in [0.25, 0.3) is 0 Å². The summed E-state index contributed by atoms with van der Waals surface area (Å²) in [5, 5.41) is 9.00. The van der Waals surface area contributed by atoms with Gasteiger partial charge in [0, 0.05) is 19.2 Å². The lowest BCUT2D eigenvalue weighted by Gasteiger charge is -2.36. The zero-order chi connectivity index (χ0) is 12.9. The Labute approximate surface area is 103 Å². The average molecular weight is 267 g/mol.